The van der Waals surface area contributed by atoms with Crippen molar-refractivity contribution in [3.63, 3.8) is 0 Å². The van der Waals surface area contributed by atoms with Crippen LogP contribution in [-0.4, -0.2) is 28.8 Å². The molecule has 0 aliphatic carbocycles. The summed E-state index contributed by atoms with van der Waals surface area (Å²) in [5.41, 5.74) is 9.80. The molecule has 0 fully saturated rings. The highest BCUT2D eigenvalue weighted by molar-refractivity contribution is 7.80. The molecular formula is C7H16N2O3S. The average molecular weight is 208 g/mol. The maximum Gasteiger partial charge on any atom is 0.303 e. The van der Waals surface area contributed by atoms with Crippen LogP contribution in [0.3, 0.4) is 0 Å². The van der Waals surface area contributed by atoms with Crippen molar-refractivity contribution in [1.29, 1.82) is 0 Å². The lowest BCUT2D eigenvalue weighted by atomic mass is 10.4. The molecule has 0 aromatic rings. The molecule has 0 spiro atoms. The van der Waals surface area contributed by atoms with Gasteiger partial charge >= 0.3 is 5.97 Å². The first-order valence-corrected chi connectivity index (χ1v) is 4.46. The summed E-state index contributed by atoms with van der Waals surface area (Å²) in [4.78, 5) is 19.6. The topological polar surface area (TPSA) is 106 Å². The Morgan fingerprint density at radius 3 is 2.00 bits per heavy atom. The molecule has 0 saturated heterocycles. The van der Waals surface area contributed by atoms with E-state index < -0.39 is 17.9 Å². The SMILES string of the molecule is CCCC(=O)O.NC(=O)C(N)CS. The lowest BCUT2D eigenvalue weighted by Gasteiger charge is -1.98. The third kappa shape index (κ3) is 14.1. The number of carbonyl (C=O) groups excluding carboxylic acids is 1. The van der Waals surface area contributed by atoms with Gasteiger partial charge in [-0.1, -0.05) is 6.92 Å². The van der Waals surface area contributed by atoms with Gasteiger partial charge < -0.3 is 16.6 Å². The molecule has 0 aliphatic heterocycles. The van der Waals surface area contributed by atoms with E-state index in [1.165, 1.54) is 0 Å². The Labute approximate surface area is 82.9 Å². The summed E-state index contributed by atoms with van der Waals surface area (Å²) in [5.74, 6) is -0.900. The largest absolute Gasteiger partial charge is 0.481 e. The molecule has 0 radical (unpaired) electrons. The van der Waals surface area contributed by atoms with Gasteiger partial charge in [0.15, 0.2) is 0 Å². The van der Waals surface area contributed by atoms with Crippen molar-refractivity contribution >= 4 is 24.5 Å². The minimum absolute atomic E-state index is 0.292. The van der Waals surface area contributed by atoms with Crippen molar-refractivity contribution in [3.8, 4) is 0 Å². The van der Waals surface area contributed by atoms with Gasteiger partial charge in [0, 0.05) is 12.2 Å². The van der Waals surface area contributed by atoms with E-state index >= 15 is 0 Å². The van der Waals surface area contributed by atoms with Crippen molar-refractivity contribution in [3.05, 3.63) is 0 Å². The Kier molecular flexibility index (Phi) is 10.6. The number of primary amides is 1. The maximum atomic E-state index is 9.98. The quantitative estimate of drug-likeness (QED) is 0.471. The predicted molar refractivity (Wildman–Crippen MR) is 53.6 cm³/mol. The van der Waals surface area contributed by atoms with E-state index in [1.54, 1.807) is 0 Å². The molecule has 5 N–H and O–H groups in total. The molecule has 0 aromatic heterocycles. The number of carboxylic acid groups (broad SMARTS) is 1. The van der Waals surface area contributed by atoms with Crippen molar-refractivity contribution in [2.24, 2.45) is 11.5 Å². The highest BCUT2D eigenvalue weighted by Gasteiger charge is 2.03. The van der Waals surface area contributed by atoms with Gasteiger partial charge in [0.25, 0.3) is 0 Å². The van der Waals surface area contributed by atoms with Gasteiger partial charge in [-0.25, -0.2) is 0 Å². The number of rotatable bonds is 4. The molecule has 0 rings (SSSR count). The second-order valence-corrected chi connectivity index (χ2v) is 2.70. The van der Waals surface area contributed by atoms with Crippen LogP contribution >= 0.6 is 12.6 Å². The number of carboxylic acids is 1. The third-order valence-corrected chi connectivity index (χ3v) is 1.42. The van der Waals surface area contributed by atoms with Gasteiger partial charge in [0.1, 0.15) is 0 Å². The molecule has 1 amide bonds. The van der Waals surface area contributed by atoms with Gasteiger partial charge in [0.2, 0.25) is 5.91 Å². The van der Waals surface area contributed by atoms with Crippen molar-refractivity contribution in [2.45, 2.75) is 25.8 Å². The van der Waals surface area contributed by atoms with Crippen LogP contribution in [-0.2, 0) is 9.59 Å². The monoisotopic (exact) mass is 208 g/mol. The molecule has 0 heterocycles. The zero-order chi connectivity index (χ0) is 10.9. The summed E-state index contributed by atoms with van der Waals surface area (Å²) in [6.45, 7) is 1.84. The number of thiol groups is 1. The van der Waals surface area contributed by atoms with Crippen molar-refractivity contribution < 1.29 is 14.7 Å². The summed E-state index contributed by atoms with van der Waals surface area (Å²) >= 11 is 3.73. The first-order valence-electron chi connectivity index (χ1n) is 3.83. The summed E-state index contributed by atoms with van der Waals surface area (Å²) < 4.78 is 0. The molecule has 0 aromatic carbocycles. The van der Waals surface area contributed by atoms with E-state index in [4.69, 9.17) is 16.6 Å². The molecule has 13 heavy (non-hydrogen) atoms. The number of hydrogen-bond donors (Lipinski definition) is 4. The maximum absolute atomic E-state index is 9.98. The second-order valence-electron chi connectivity index (χ2n) is 2.34. The predicted octanol–water partition coefficient (Wildman–Crippen LogP) is -0.400. The van der Waals surface area contributed by atoms with Crippen LogP contribution in [0.1, 0.15) is 19.8 Å². The summed E-state index contributed by atoms with van der Waals surface area (Å²) in [6.07, 6.45) is 1.02. The Morgan fingerprint density at radius 2 is 2.00 bits per heavy atom. The van der Waals surface area contributed by atoms with Crippen LogP contribution in [0.2, 0.25) is 0 Å². The fraction of sp³-hybridized carbons (Fsp3) is 0.714. The molecule has 1 atom stereocenters. The summed E-state index contributed by atoms with van der Waals surface area (Å²) in [7, 11) is 0. The van der Waals surface area contributed by atoms with Crippen molar-refractivity contribution in [1.82, 2.24) is 0 Å². The minimum Gasteiger partial charge on any atom is -0.481 e. The lowest BCUT2D eigenvalue weighted by molar-refractivity contribution is -0.137. The van der Waals surface area contributed by atoms with E-state index in [9.17, 15) is 9.59 Å². The first-order chi connectivity index (χ1) is 5.95. The van der Waals surface area contributed by atoms with Gasteiger partial charge in [0.05, 0.1) is 6.04 Å². The standard InChI is InChI=1S/C4H8O2.C3H8N2OS/c1-2-3-4(5)6;4-2(1-7)3(5)6/h2-3H2,1H3,(H,5,6);2,7H,1,4H2,(H2,5,6). The average Bonchev–Trinajstić information content (AvgIpc) is 2.03. The third-order valence-electron chi connectivity index (χ3n) is 1.03. The zero-order valence-electron chi connectivity index (χ0n) is 7.56. The van der Waals surface area contributed by atoms with E-state index in [0.717, 1.165) is 6.42 Å². The molecule has 0 aliphatic rings. The van der Waals surface area contributed by atoms with Gasteiger partial charge in [-0.3, -0.25) is 9.59 Å². The number of carbonyl (C=O) groups is 2. The fourth-order valence-corrected chi connectivity index (χ4v) is 0.484. The summed E-state index contributed by atoms with van der Waals surface area (Å²) in [5, 5.41) is 7.91. The zero-order valence-corrected chi connectivity index (χ0v) is 8.46. The fourth-order valence-electron chi connectivity index (χ4n) is 0.304. The highest BCUT2D eigenvalue weighted by Crippen LogP contribution is 1.82. The van der Waals surface area contributed by atoms with Crippen molar-refractivity contribution in [2.75, 3.05) is 5.75 Å². The Hall–Kier alpha value is -0.750. The van der Waals surface area contributed by atoms with E-state index in [0.29, 0.717) is 12.2 Å². The number of amides is 1. The number of nitrogens with two attached hydrogens (primary N) is 2. The van der Waals surface area contributed by atoms with Gasteiger partial charge in [-0.2, -0.15) is 12.6 Å². The second kappa shape index (κ2) is 9.34. The molecule has 78 valence electrons. The number of hydrogen-bond acceptors (Lipinski definition) is 4. The van der Waals surface area contributed by atoms with E-state index in [1.807, 2.05) is 6.92 Å². The van der Waals surface area contributed by atoms with Gasteiger partial charge in [-0.05, 0) is 6.42 Å². The molecule has 5 nitrogen and oxygen atoms in total. The molecular weight excluding hydrogens is 192 g/mol. The van der Waals surface area contributed by atoms with Crippen LogP contribution in [0.5, 0.6) is 0 Å². The van der Waals surface area contributed by atoms with E-state index in [-0.39, 0.29) is 0 Å². The van der Waals surface area contributed by atoms with Crippen LogP contribution in [0.4, 0.5) is 0 Å². The van der Waals surface area contributed by atoms with Gasteiger partial charge in [-0.15, -0.1) is 0 Å². The highest BCUT2D eigenvalue weighted by atomic mass is 32.1. The Bertz CT molecular complexity index is 164. The van der Waals surface area contributed by atoms with Crippen LogP contribution < -0.4 is 11.5 Å². The minimum atomic E-state index is -0.711. The lowest BCUT2D eigenvalue weighted by Crippen LogP contribution is -2.37. The van der Waals surface area contributed by atoms with E-state index in [2.05, 4.69) is 12.6 Å². The van der Waals surface area contributed by atoms with Crippen LogP contribution in [0.15, 0.2) is 0 Å². The smallest absolute Gasteiger partial charge is 0.303 e. The molecule has 1 unspecified atom stereocenters. The summed E-state index contributed by atoms with van der Waals surface area (Å²) in [6, 6.07) is -0.594. The van der Waals surface area contributed by atoms with Crippen LogP contribution in [0.25, 0.3) is 0 Å². The Morgan fingerprint density at radius 1 is 1.54 bits per heavy atom. The Balaban J connectivity index is 0. The molecule has 0 bridgehead atoms. The number of aliphatic carboxylic acids is 1. The molecule has 6 heteroatoms. The van der Waals surface area contributed by atoms with Crippen LogP contribution in [0, 0.1) is 0 Å². The normalized spacial score (nSPS) is 11.0. The first kappa shape index (κ1) is 14.8. The molecule has 0 saturated carbocycles.